The molecule has 1 rings (SSSR count). The van der Waals surface area contributed by atoms with Gasteiger partial charge < -0.3 is 20.3 Å². The molecule has 0 radical (unpaired) electrons. The minimum atomic E-state index is -1.09. The molecule has 6 nitrogen and oxygen atoms in total. The second-order valence-corrected chi connectivity index (χ2v) is 6.63. The number of aliphatic hydroxyl groups is 2. The Morgan fingerprint density at radius 3 is 2.25 bits per heavy atom. The number of alkyl carbamates (subject to hydrolysis) is 1. The summed E-state index contributed by atoms with van der Waals surface area (Å²) in [5.41, 5.74) is 0.516. The van der Waals surface area contributed by atoms with E-state index in [1.807, 2.05) is 0 Å². The molecule has 1 aromatic rings. The minimum absolute atomic E-state index is 0.0261. The average Bonchev–Trinajstić information content (AvgIpc) is 2.51. The molecule has 0 aliphatic carbocycles. The maximum absolute atomic E-state index is 11.6. The van der Waals surface area contributed by atoms with Crippen LogP contribution >= 0.6 is 0 Å². The number of aliphatic hydroxyl groups excluding tert-OH is 2. The van der Waals surface area contributed by atoms with Gasteiger partial charge in [0.05, 0.1) is 6.10 Å². The molecule has 0 aliphatic rings. The van der Waals surface area contributed by atoms with E-state index in [1.165, 1.54) is 0 Å². The summed E-state index contributed by atoms with van der Waals surface area (Å²) in [7, 11) is 0. The number of amides is 1. The Morgan fingerprint density at radius 2 is 1.75 bits per heavy atom. The van der Waals surface area contributed by atoms with Crippen LogP contribution in [0.3, 0.4) is 0 Å². The van der Waals surface area contributed by atoms with Gasteiger partial charge in [-0.1, -0.05) is 31.2 Å². The fourth-order valence-corrected chi connectivity index (χ4v) is 2.09. The molecule has 134 valence electrons. The van der Waals surface area contributed by atoms with Crippen molar-refractivity contribution in [1.82, 2.24) is 5.32 Å². The summed E-state index contributed by atoms with van der Waals surface area (Å²) in [6.07, 6.45) is -2.09. The first-order chi connectivity index (χ1) is 11.1. The molecule has 0 aliphatic heterocycles. The smallest absolute Gasteiger partial charge is 0.407 e. The molecular formula is C18H27NO5. The largest absolute Gasteiger partial charge is 0.444 e. The highest BCUT2D eigenvalue weighted by molar-refractivity contribution is 5.95. The Balaban J connectivity index is 2.48. The number of carbonyl (C=O) groups excluding carboxylic acids is 2. The third kappa shape index (κ3) is 6.68. The zero-order valence-corrected chi connectivity index (χ0v) is 14.7. The second-order valence-electron chi connectivity index (χ2n) is 6.63. The standard InChI is InChI=1S/C18H27NO5/c1-5-14(20)12-6-8-13(9-7-12)16(22)15(21)10-11-19-17(23)24-18(2,3)4/h6-9,15-16,21-22H,5,10-11H2,1-4H3,(H,19,23). The zero-order valence-electron chi connectivity index (χ0n) is 14.7. The highest BCUT2D eigenvalue weighted by Gasteiger charge is 2.20. The third-order valence-electron chi connectivity index (χ3n) is 3.37. The van der Waals surface area contributed by atoms with Crippen LogP contribution in [0, 0.1) is 0 Å². The lowest BCUT2D eigenvalue weighted by molar-refractivity contribution is 0.0123. The first-order valence-corrected chi connectivity index (χ1v) is 8.10. The topological polar surface area (TPSA) is 95.9 Å². The van der Waals surface area contributed by atoms with Gasteiger partial charge in [-0.2, -0.15) is 0 Å². The van der Waals surface area contributed by atoms with Crippen LogP contribution in [0.5, 0.6) is 0 Å². The quantitative estimate of drug-likeness (QED) is 0.665. The number of hydrogen-bond acceptors (Lipinski definition) is 5. The van der Waals surface area contributed by atoms with E-state index in [1.54, 1.807) is 52.0 Å². The van der Waals surface area contributed by atoms with Crippen molar-refractivity contribution in [3.05, 3.63) is 35.4 Å². The Kier molecular flexibility index (Phi) is 7.38. The van der Waals surface area contributed by atoms with Gasteiger partial charge in [0.15, 0.2) is 5.78 Å². The van der Waals surface area contributed by atoms with Gasteiger partial charge in [0.25, 0.3) is 0 Å². The van der Waals surface area contributed by atoms with Crippen LogP contribution in [0.1, 0.15) is 62.6 Å². The fourth-order valence-electron chi connectivity index (χ4n) is 2.09. The van der Waals surface area contributed by atoms with Crippen LogP contribution in [0.4, 0.5) is 4.79 Å². The van der Waals surface area contributed by atoms with Crippen molar-refractivity contribution in [2.75, 3.05) is 6.54 Å². The molecule has 0 aromatic heterocycles. The van der Waals surface area contributed by atoms with Crippen LogP contribution < -0.4 is 5.32 Å². The van der Waals surface area contributed by atoms with Gasteiger partial charge >= 0.3 is 6.09 Å². The van der Waals surface area contributed by atoms with Crippen LogP contribution in [0.15, 0.2) is 24.3 Å². The highest BCUT2D eigenvalue weighted by Crippen LogP contribution is 2.20. The first-order valence-electron chi connectivity index (χ1n) is 8.10. The number of ketones is 1. The summed E-state index contributed by atoms with van der Waals surface area (Å²) >= 11 is 0. The van der Waals surface area contributed by atoms with E-state index >= 15 is 0 Å². The molecular weight excluding hydrogens is 310 g/mol. The van der Waals surface area contributed by atoms with E-state index in [0.717, 1.165) is 0 Å². The molecule has 3 N–H and O–H groups in total. The summed E-state index contributed by atoms with van der Waals surface area (Å²) in [5, 5.41) is 22.7. The molecule has 0 fully saturated rings. The number of hydrogen-bond donors (Lipinski definition) is 3. The molecule has 0 saturated carbocycles. The summed E-state index contributed by atoms with van der Waals surface area (Å²) < 4.78 is 5.08. The van der Waals surface area contributed by atoms with Crippen LogP contribution in [0.2, 0.25) is 0 Å². The maximum atomic E-state index is 11.6. The number of Topliss-reactive ketones (excluding diaryl/α,β-unsaturated/α-hetero) is 1. The Hall–Kier alpha value is -1.92. The van der Waals surface area contributed by atoms with Crippen molar-refractivity contribution in [2.45, 2.75) is 58.3 Å². The monoisotopic (exact) mass is 337 g/mol. The molecule has 2 atom stereocenters. The van der Waals surface area contributed by atoms with Gasteiger partial charge in [0.1, 0.15) is 11.7 Å². The highest BCUT2D eigenvalue weighted by atomic mass is 16.6. The number of benzene rings is 1. The lowest BCUT2D eigenvalue weighted by atomic mass is 9.99. The van der Waals surface area contributed by atoms with Crippen molar-refractivity contribution < 1.29 is 24.5 Å². The second kappa shape index (κ2) is 8.80. The Morgan fingerprint density at radius 1 is 1.17 bits per heavy atom. The molecule has 2 unspecified atom stereocenters. The maximum Gasteiger partial charge on any atom is 0.407 e. The van der Waals surface area contributed by atoms with Gasteiger partial charge in [-0.3, -0.25) is 4.79 Å². The summed E-state index contributed by atoms with van der Waals surface area (Å²) in [6.45, 7) is 7.25. The van der Waals surface area contributed by atoms with Crippen molar-refractivity contribution in [3.8, 4) is 0 Å². The van der Waals surface area contributed by atoms with E-state index in [4.69, 9.17) is 4.74 Å². The average molecular weight is 337 g/mol. The normalized spacial score (nSPS) is 13.9. The molecule has 1 aromatic carbocycles. The fraction of sp³-hybridized carbons (Fsp3) is 0.556. The summed E-state index contributed by atoms with van der Waals surface area (Å²) in [6, 6.07) is 6.52. The van der Waals surface area contributed by atoms with Crippen LogP contribution in [-0.2, 0) is 4.74 Å². The minimum Gasteiger partial charge on any atom is -0.444 e. The molecule has 24 heavy (non-hydrogen) atoms. The third-order valence-corrected chi connectivity index (χ3v) is 3.37. The van der Waals surface area contributed by atoms with E-state index in [0.29, 0.717) is 17.5 Å². The Bertz CT molecular complexity index is 548. The van der Waals surface area contributed by atoms with Crippen LogP contribution in [0.25, 0.3) is 0 Å². The Labute approximate surface area is 142 Å². The predicted molar refractivity (Wildman–Crippen MR) is 90.9 cm³/mol. The van der Waals surface area contributed by atoms with Crippen molar-refractivity contribution in [1.29, 1.82) is 0 Å². The van der Waals surface area contributed by atoms with Gasteiger partial charge in [0, 0.05) is 18.5 Å². The summed E-state index contributed by atoms with van der Waals surface area (Å²) in [5.74, 6) is 0.0261. The number of rotatable bonds is 7. The van der Waals surface area contributed by atoms with Gasteiger partial charge in [0.2, 0.25) is 0 Å². The van der Waals surface area contributed by atoms with E-state index in [-0.39, 0.29) is 18.7 Å². The first kappa shape index (κ1) is 20.1. The SMILES string of the molecule is CCC(=O)c1ccc(C(O)C(O)CCNC(=O)OC(C)(C)C)cc1. The zero-order chi connectivity index (χ0) is 18.3. The van der Waals surface area contributed by atoms with Gasteiger partial charge in [-0.25, -0.2) is 4.79 Å². The lowest BCUT2D eigenvalue weighted by Gasteiger charge is -2.21. The predicted octanol–water partition coefficient (Wildman–Crippen LogP) is 2.59. The van der Waals surface area contributed by atoms with E-state index in [9.17, 15) is 19.8 Å². The van der Waals surface area contributed by atoms with Crippen molar-refractivity contribution in [3.63, 3.8) is 0 Å². The molecule has 0 saturated heterocycles. The van der Waals surface area contributed by atoms with Crippen molar-refractivity contribution in [2.24, 2.45) is 0 Å². The van der Waals surface area contributed by atoms with E-state index in [2.05, 4.69) is 5.32 Å². The van der Waals surface area contributed by atoms with E-state index < -0.39 is 23.9 Å². The molecule has 0 bridgehead atoms. The number of carbonyl (C=O) groups is 2. The summed E-state index contributed by atoms with van der Waals surface area (Å²) in [4.78, 5) is 23.1. The number of ether oxygens (including phenoxy) is 1. The number of nitrogens with one attached hydrogen (secondary N) is 1. The van der Waals surface area contributed by atoms with Gasteiger partial charge in [-0.05, 0) is 32.8 Å². The van der Waals surface area contributed by atoms with Gasteiger partial charge in [-0.15, -0.1) is 0 Å². The lowest BCUT2D eigenvalue weighted by Crippen LogP contribution is -2.34. The van der Waals surface area contributed by atoms with Crippen LogP contribution in [-0.4, -0.2) is 40.3 Å². The molecule has 0 spiro atoms. The van der Waals surface area contributed by atoms with Crippen molar-refractivity contribution >= 4 is 11.9 Å². The molecule has 6 heteroatoms. The molecule has 0 heterocycles. The molecule has 1 amide bonds.